The van der Waals surface area contributed by atoms with Crippen molar-refractivity contribution >= 4 is 17.2 Å². The number of hydrogen-bond acceptors (Lipinski definition) is 3. The van der Waals surface area contributed by atoms with Crippen molar-refractivity contribution in [1.29, 1.82) is 0 Å². The number of hydrogen-bond donors (Lipinski definition) is 0. The van der Waals surface area contributed by atoms with E-state index in [9.17, 15) is 4.21 Å². The first kappa shape index (κ1) is 7.52. The summed E-state index contributed by atoms with van der Waals surface area (Å²) in [5, 5.41) is 1.44. The highest BCUT2D eigenvalue weighted by atomic mass is 32.2. The summed E-state index contributed by atoms with van der Waals surface area (Å²) < 4.78 is 15.3. The summed E-state index contributed by atoms with van der Waals surface area (Å²) in [6, 6.07) is 7.31. The van der Waals surface area contributed by atoms with Gasteiger partial charge in [0.1, 0.15) is 0 Å². The molecule has 1 aliphatic heterocycles. The second-order valence-corrected chi connectivity index (χ2v) is 3.18. The van der Waals surface area contributed by atoms with E-state index in [0.29, 0.717) is 5.75 Å². The third kappa shape index (κ3) is 1.39. The Hall–Kier alpha value is -1.13. The first-order chi connectivity index (χ1) is 5.86. The minimum absolute atomic E-state index is 0.583. The van der Waals surface area contributed by atoms with Crippen molar-refractivity contribution in [2.24, 2.45) is 0 Å². The zero-order valence-electron chi connectivity index (χ0n) is 6.10. The Balaban J connectivity index is 2.45. The molecule has 0 N–H and O–H groups in total. The first-order valence-corrected chi connectivity index (χ1v) is 4.53. The highest BCUT2D eigenvalue weighted by Crippen LogP contribution is 2.22. The molecule has 1 unspecified atom stereocenters. The van der Waals surface area contributed by atoms with Gasteiger partial charge in [-0.15, -0.1) is 0 Å². The molecular formula is C8H6O3S. The zero-order valence-corrected chi connectivity index (χ0v) is 6.91. The van der Waals surface area contributed by atoms with Gasteiger partial charge in [0.2, 0.25) is 11.1 Å². The lowest BCUT2D eigenvalue weighted by Crippen LogP contribution is -1.96. The van der Waals surface area contributed by atoms with Crippen LogP contribution in [-0.2, 0) is 15.4 Å². The van der Waals surface area contributed by atoms with E-state index in [0.717, 1.165) is 5.56 Å². The minimum Gasteiger partial charge on any atom is -0.322 e. The molecule has 0 aliphatic carbocycles. The average molecular weight is 182 g/mol. The van der Waals surface area contributed by atoms with Crippen LogP contribution in [0.1, 0.15) is 5.56 Å². The third-order valence-corrected chi connectivity index (χ3v) is 2.03. The van der Waals surface area contributed by atoms with Crippen molar-refractivity contribution in [2.75, 3.05) is 0 Å². The van der Waals surface area contributed by atoms with Gasteiger partial charge in [0.25, 0.3) is 0 Å². The van der Waals surface area contributed by atoms with Crippen LogP contribution in [0.15, 0.2) is 29.7 Å². The molecule has 3 nitrogen and oxygen atoms in total. The highest BCUT2D eigenvalue weighted by molar-refractivity contribution is 7.83. The van der Waals surface area contributed by atoms with Gasteiger partial charge in [0.05, 0.1) is 0 Å². The van der Waals surface area contributed by atoms with Crippen LogP contribution in [0.2, 0.25) is 0 Å². The van der Waals surface area contributed by atoms with Crippen molar-refractivity contribution in [3.63, 3.8) is 0 Å². The third-order valence-electron chi connectivity index (χ3n) is 1.47. The SMILES string of the molecule is O=S1C=Cc2ccccc2OO1. The summed E-state index contributed by atoms with van der Waals surface area (Å²) in [5.74, 6) is 0.583. The molecule has 0 radical (unpaired) electrons. The molecule has 0 amide bonds. The van der Waals surface area contributed by atoms with Crippen LogP contribution in [0, 0.1) is 0 Å². The van der Waals surface area contributed by atoms with Crippen LogP contribution in [0.3, 0.4) is 0 Å². The lowest BCUT2D eigenvalue weighted by molar-refractivity contribution is -0.0838. The van der Waals surface area contributed by atoms with Crippen LogP contribution < -0.4 is 4.89 Å². The molecule has 0 aromatic heterocycles. The molecule has 0 bridgehead atoms. The standard InChI is InChI=1S/C8H6O3S/c9-12-6-5-7-3-1-2-4-8(7)10-11-12/h1-6H. The summed E-state index contributed by atoms with van der Waals surface area (Å²) in [5.41, 5.74) is 0.864. The Kier molecular flexibility index (Phi) is 1.93. The molecule has 1 atom stereocenters. The lowest BCUT2D eigenvalue weighted by Gasteiger charge is -2.00. The molecule has 1 aromatic rings. The molecule has 0 saturated heterocycles. The predicted molar refractivity (Wildman–Crippen MR) is 45.3 cm³/mol. The van der Waals surface area contributed by atoms with Gasteiger partial charge in [-0.3, -0.25) is 0 Å². The second-order valence-electron chi connectivity index (χ2n) is 2.25. The van der Waals surface area contributed by atoms with Crippen LogP contribution in [-0.4, -0.2) is 4.21 Å². The van der Waals surface area contributed by atoms with Crippen molar-refractivity contribution < 1.29 is 13.4 Å². The summed E-state index contributed by atoms with van der Waals surface area (Å²) >= 11 is -1.49. The monoisotopic (exact) mass is 182 g/mol. The number of para-hydroxylation sites is 1. The van der Waals surface area contributed by atoms with Gasteiger partial charge >= 0.3 is 0 Å². The maximum Gasteiger partial charge on any atom is 0.224 e. The minimum atomic E-state index is -1.49. The van der Waals surface area contributed by atoms with E-state index in [4.69, 9.17) is 4.89 Å². The number of benzene rings is 1. The zero-order chi connectivity index (χ0) is 8.39. The molecule has 0 spiro atoms. The topological polar surface area (TPSA) is 35.5 Å². The molecule has 1 heterocycles. The van der Waals surface area contributed by atoms with E-state index >= 15 is 0 Å². The van der Waals surface area contributed by atoms with Crippen molar-refractivity contribution in [3.05, 3.63) is 35.2 Å². The van der Waals surface area contributed by atoms with Crippen LogP contribution >= 0.6 is 0 Å². The Morgan fingerprint density at radius 3 is 3.00 bits per heavy atom. The quantitative estimate of drug-likeness (QED) is 0.572. The molecule has 0 saturated carbocycles. The normalized spacial score (nSPS) is 20.8. The Labute approximate surface area is 72.2 Å². The number of fused-ring (bicyclic) bond motifs is 1. The fourth-order valence-electron chi connectivity index (χ4n) is 0.916. The fourth-order valence-corrected chi connectivity index (χ4v) is 1.36. The van der Waals surface area contributed by atoms with E-state index in [1.165, 1.54) is 5.41 Å². The smallest absolute Gasteiger partial charge is 0.224 e. The van der Waals surface area contributed by atoms with Gasteiger partial charge in [0, 0.05) is 11.0 Å². The molecule has 2 rings (SSSR count). The van der Waals surface area contributed by atoms with Gasteiger partial charge in [-0.2, -0.15) is 0 Å². The van der Waals surface area contributed by atoms with Gasteiger partial charge in [-0.05, 0) is 12.1 Å². The molecule has 0 fully saturated rings. The average Bonchev–Trinajstić information content (AvgIpc) is 2.29. The summed E-state index contributed by atoms with van der Waals surface area (Å²) in [6.45, 7) is 0. The van der Waals surface area contributed by atoms with Crippen molar-refractivity contribution in [1.82, 2.24) is 0 Å². The van der Waals surface area contributed by atoms with Gasteiger partial charge < -0.3 is 4.89 Å². The van der Waals surface area contributed by atoms with Gasteiger partial charge in [0.15, 0.2) is 5.75 Å². The maximum absolute atomic E-state index is 10.8. The Morgan fingerprint density at radius 2 is 2.08 bits per heavy atom. The summed E-state index contributed by atoms with van der Waals surface area (Å²) in [4.78, 5) is 4.80. The largest absolute Gasteiger partial charge is 0.322 e. The van der Waals surface area contributed by atoms with Crippen molar-refractivity contribution in [3.8, 4) is 5.75 Å². The van der Waals surface area contributed by atoms with E-state index in [1.54, 1.807) is 12.1 Å². The molecular weight excluding hydrogens is 176 g/mol. The van der Waals surface area contributed by atoms with E-state index in [-0.39, 0.29) is 0 Å². The van der Waals surface area contributed by atoms with E-state index < -0.39 is 11.1 Å². The molecule has 1 aromatic carbocycles. The number of rotatable bonds is 0. The second kappa shape index (κ2) is 3.08. The Bertz CT molecular complexity index is 346. The van der Waals surface area contributed by atoms with Crippen LogP contribution in [0.5, 0.6) is 5.75 Å². The molecule has 12 heavy (non-hydrogen) atoms. The molecule has 1 aliphatic rings. The maximum atomic E-state index is 10.8. The van der Waals surface area contributed by atoms with Crippen LogP contribution in [0.4, 0.5) is 0 Å². The molecule has 62 valence electrons. The molecule has 4 heteroatoms. The summed E-state index contributed by atoms with van der Waals surface area (Å²) in [6.07, 6.45) is 1.71. The first-order valence-electron chi connectivity index (χ1n) is 3.39. The predicted octanol–water partition coefficient (Wildman–Crippen LogP) is 1.65. The fraction of sp³-hybridized carbons (Fsp3) is 0. The van der Waals surface area contributed by atoms with Gasteiger partial charge in [-0.1, -0.05) is 22.5 Å². The lowest BCUT2D eigenvalue weighted by atomic mass is 10.2. The van der Waals surface area contributed by atoms with Crippen molar-refractivity contribution in [2.45, 2.75) is 0 Å². The highest BCUT2D eigenvalue weighted by Gasteiger charge is 2.07. The Morgan fingerprint density at radius 1 is 1.25 bits per heavy atom. The van der Waals surface area contributed by atoms with Crippen LogP contribution in [0.25, 0.3) is 6.08 Å². The van der Waals surface area contributed by atoms with E-state index in [2.05, 4.69) is 4.33 Å². The summed E-state index contributed by atoms with van der Waals surface area (Å²) in [7, 11) is 0. The van der Waals surface area contributed by atoms with E-state index in [1.807, 2.05) is 18.2 Å². The van der Waals surface area contributed by atoms with Gasteiger partial charge in [-0.25, -0.2) is 4.21 Å².